The van der Waals surface area contributed by atoms with Crippen LogP contribution in [0.1, 0.15) is 30.4 Å². The van der Waals surface area contributed by atoms with Crippen molar-refractivity contribution >= 4 is 5.65 Å². The zero-order chi connectivity index (χ0) is 19.4. The van der Waals surface area contributed by atoms with E-state index in [-0.39, 0.29) is 0 Å². The van der Waals surface area contributed by atoms with Gasteiger partial charge >= 0.3 is 6.18 Å². The van der Waals surface area contributed by atoms with E-state index in [0.717, 1.165) is 24.3 Å². The maximum atomic E-state index is 12.4. The number of aromatic hydroxyl groups is 1. The van der Waals surface area contributed by atoms with Crippen LogP contribution in [0.15, 0.2) is 48.9 Å². The topological polar surface area (TPSA) is 49.6 Å². The van der Waals surface area contributed by atoms with Crippen LogP contribution >= 0.6 is 0 Å². The minimum Gasteiger partial charge on any atom is -0.508 e. The summed E-state index contributed by atoms with van der Waals surface area (Å²) in [6.07, 6.45) is 5.16. The Balaban J connectivity index is 0.000000161. The highest BCUT2D eigenvalue weighted by atomic mass is 19.4. The molecular weight excluding hydrogens is 362 g/mol. The number of halogens is 4. The average Bonchev–Trinajstić information content (AvgIpc) is 3.05. The van der Waals surface area contributed by atoms with Crippen LogP contribution < -0.4 is 5.32 Å². The first kappa shape index (κ1) is 19.2. The number of aromatic nitrogens is 2. The van der Waals surface area contributed by atoms with E-state index >= 15 is 0 Å². The van der Waals surface area contributed by atoms with Gasteiger partial charge in [-0.3, -0.25) is 0 Å². The fourth-order valence-electron chi connectivity index (χ4n) is 2.74. The van der Waals surface area contributed by atoms with Crippen molar-refractivity contribution in [2.24, 2.45) is 0 Å². The summed E-state index contributed by atoms with van der Waals surface area (Å²) in [4.78, 5) is 4.36. The van der Waals surface area contributed by atoms with Crippen LogP contribution in [0.25, 0.3) is 5.65 Å². The third-order valence-corrected chi connectivity index (χ3v) is 4.44. The summed E-state index contributed by atoms with van der Waals surface area (Å²) in [6.45, 7) is 0.937. The number of nitrogens with one attached hydrogen (secondary N) is 1. The molecule has 1 aliphatic rings. The summed E-state index contributed by atoms with van der Waals surface area (Å²) in [5, 5.41) is 12.2. The van der Waals surface area contributed by atoms with Crippen molar-refractivity contribution in [1.29, 1.82) is 0 Å². The Morgan fingerprint density at radius 3 is 2.59 bits per heavy atom. The van der Waals surface area contributed by atoms with Gasteiger partial charge in [-0.05, 0) is 37.1 Å². The predicted octanol–water partition coefficient (Wildman–Crippen LogP) is 4.53. The summed E-state index contributed by atoms with van der Waals surface area (Å²) < 4.78 is 50.1. The second-order valence-corrected chi connectivity index (χ2v) is 6.36. The number of phenolic OH excluding ortho intramolecular Hbond substituents is 1. The molecule has 1 aliphatic carbocycles. The van der Waals surface area contributed by atoms with Crippen LogP contribution in [-0.2, 0) is 12.7 Å². The lowest BCUT2D eigenvalue weighted by molar-refractivity contribution is -0.140. The van der Waals surface area contributed by atoms with Crippen molar-refractivity contribution in [2.45, 2.75) is 38.0 Å². The fraction of sp³-hybridized carbons (Fsp3) is 0.316. The molecule has 4 rings (SSSR count). The van der Waals surface area contributed by atoms with E-state index in [2.05, 4.69) is 26.8 Å². The normalized spacial score (nSPS) is 14.5. The molecule has 0 saturated heterocycles. The summed E-state index contributed by atoms with van der Waals surface area (Å²) in [5.74, 6) is -2.00. The van der Waals surface area contributed by atoms with Gasteiger partial charge in [0, 0.05) is 36.7 Å². The van der Waals surface area contributed by atoms with Crippen molar-refractivity contribution in [2.75, 3.05) is 0 Å². The molecule has 0 amide bonds. The van der Waals surface area contributed by atoms with Gasteiger partial charge in [-0.1, -0.05) is 12.5 Å². The molecule has 2 N–H and O–H groups in total. The number of fused-ring (bicyclic) bond motifs is 1. The van der Waals surface area contributed by atoms with E-state index in [1.165, 1.54) is 24.8 Å². The van der Waals surface area contributed by atoms with Crippen molar-refractivity contribution < 1.29 is 22.7 Å². The molecule has 2 heterocycles. The number of phenols is 1. The Bertz CT molecular complexity index is 903. The van der Waals surface area contributed by atoms with Crippen LogP contribution in [0.2, 0.25) is 0 Å². The van der Waals surface area contributed by atoms with Gasteiger partial charge in [0.2, 0.25) is 0 Å². The molecule has 0 atom stereocenters. The average molecular weight is 381 g/mol. The lowest BCUT2D eigenvalue weighted by Crippen LogP contribution is -2.34. The number of imidazole rings is 1. The first-order valence-corrected chi connectivity index (χ1v) is 8.54. The molecule has 1 saturated carbocycles. The largest absolute Gasteiger partial charge is 0.508 e. The Hall–Kier alpha value is -2.61. The third kappa shape index (κ3) is 4.77. The summed E-state index contributed by atoms with van der Waals surface area (Å²) in [7, 11) is 0. The third-order valence-electron chi connectivity index (χ3n) is 4.44. The second kappa shape index (κ2) is 7.96. The van der Waals surface area contributed by atoms with E-state index in [1.54, 1.807) is 0 Å². The van der Waals surface area contributed by atoms with Crippen LogP contribution in [0.5, 0.6) is 5.75 Å². The molecule has 1 fully saturated rings. The Labute approximate surface area is 153 Å². The number of hydrogen-bond acceptors (Lipinski definition) is 3. The molecule has 3 aromatic rings. The molecule has 4 nitrogen and oxygen atoms in total. The van der Waals surface area contributed by atoms with Gasteiger partial charge in [0.05, 0.1) is 5.56 Å². The Kier molecular flexibility index (Phi) is 5.65. The van der Waals surface area contributed by atoms with E-state index < -0.39 is 23.3 Å². The fourth-order valence-corrected chi connectivity index (χ4v) is 2.74. The number of pyridine rings is 1. The molecule has 0 bridgehead atoms. The first-order valence-electron chi connectivity index (χ1n) is 8.54. The molecule has 27 heavy (non-hydrogen) atoms. The lowest BCUT2D eigenvalue weighted by Gasteiger charge is -2.26. The molecule has 0 aliphatic heterocycles. The molecule has 0 radical (unpaired) electrons. The zero-order valence-corrected chi connectivity index (χ0v) is 14.4. The van der Waals surface area contributed by atoms with Crippen LogP contribution in [0.4, 0.5) is 17.6 Å². The van der Waals surface area contributed by atoms with Crippen LogP contribution in [0, 0.1) is 5.82 Å². The molecule has 0 unspecified atom stereocenters. The molecule has 144 valence electrons. The molecular formula is C19H19F4N3O. The van der Waals surface area contributed by atoms with Crippen LogP contribution in [0.3, 0.4) is 0 Å². The van der Waals surface area contributed by atoms with Gasteiger partial charge in [-0.15, -0.1) is 0 Å². The lowest BCUT2D eigenvalue weighted by atomic mass is 9.93. The van der Waals surface area contributed by atoms with Crippen molar-refractivity contribution in [3.8, 4) is 5.75 Å². The summed E-state index contributed by atoms with van der Waals surface area (Å²) >= 11 is 0. The quantitative estimate of drug-likeness (QED) is 0.656. The van der Waals surface area contributed by atoms with Crippen molar-refractivity contribution in [3.63, 3.8) is 0 Å². The first-order chi connectivity index (χ1) is 12.8. The number of benzene rings is 1. The second-order valence-electron chi connectivity index (χ2n) is 6.36. The summed E-state index contributed by atoms with van der Waals surface area (Å²) in [6, 6.07) is 6.72. The Morgan fingerprint density at radius 1 is 1.19 bits per heavy atom. The van der Waals surface area contributed by atoms with E-state index in [0.29, 0.717) is 12.1 Å². The Morgan fingerprint density at radius 2 is 1.96 bits per heavy atom. The SMILES string of the molecule is Oc1ccc(F)c(C(F)(F)F)c1.c1cc(CNC2CCC2)c2nccn2c1. The van der Waals surface area contributed by atoms with Crippen molar-refractivity contribution in [1.82, 2.24) is 14.7 Å². The van der Waals surface area contributed by atoms with E-state index in [4.69, 9.17) is 5.11 Å². The highest BCUT2D eigenvalue weighted by molar-refractivity contribution is 5.47. The smallest absolute Gasteiger partial charge is 0.419 e. The van der Waals surface area contributed by atoms with Gasteiger partial charge in [-0.2, -0.15) is 13.2 Å². The zero-order valence-electron chi connectivity index (χ0n) is 14.4. The van der Waals surface area contributed by atoms with Crippen LogP contribution in [-0.4, -0.2) is 20.5 Å². The molecule has 8 heteroatoms. The van der Waals surface area contributed by atoms with Gasteiger partial charge in [0.1, 0.15) is 17.2 Å². The maximum absolute atomic E-state index is 12.4. The maximum Gasteiger partial charge on any atom is 0.419 e. The summed E-state index contributed by atoms with van der Waals surface area (Å²) in [5.41, 5.74) is 0.904. The van der Waals surface area contributed by atoms with Gasteiger partial charge in [-0.25, -0.2) is 9.37 Å². The molecule has 1 aromatic carbocycles. The van der Waals surface area contributed by atoms with Gasteiger partial charge in [0.15, 0.2) is 0 Å². The molecule has 2 aromatic heterocycles. The monoisotopic (exact) mass is 381 g/mol. The van der Waals surface area contributed by atoms with Gasteiger partial charge in [0.25, 0.3) is 0 Å². The number of hydrogen-bond donors (Lipinski definition) is 2. The standard InChI is InChI=1S/C12H15N3.C7H4F4O/c1-4-11(5-1)14-9-10-3-2-7-15-8-6-13-12(10)15;8-6-2-1-4(12)3-5(6)7(9,10)11/h2-3,6-8,11,14H,1,4-5,9H2;1-3,12H. The van der Waals surface area contributed by atoms with Gasteiger partial charge < -0.3 is 14.8 Å². The van der Waals surface area contributed by atoms with E-state index in [9.17, 15) is 17.6 Å². The van der Waals surface area contributed by atoms with E-state index in [1.807, 2.05) is 18.6 Å². The number of rotatable bonds is 3. The predicted molar refractivity (Wildman–Crippen MR) is 92.7 cm³/mol. The number of nitrogens with zero attached hydrogens (tertiary/aromatic N) is 2. The number of alkyl halides is 3. The van der Waals surface area contributed by atoms with Crippen molar-refractivity contribution in [3.05, 3.63) is 65.9 Å². The minimum absolute atomic E-state index is 0.343. The molecule has 0 spiro atoms. The minimum atomic E-state index is -4.76. The highest BCUT2D eigenvalue weighted by Crippen LogP contribution is 2.33. The highest BCUT2D eigenvalue weighted by Gasteiger charge is 2.34.